The van der Waals surface area contributed by atoms with Crippen LogP contribution in [0.1, 0.15) is 16.2 Å². The fraction of sp³-hybridized carbons (Fsp3) is 0.231. The second-order valence-electron chi connectivity index (χ2n) is 8.09. The molecule has 1 saturated heterocycles. The van der Waals surface area contributed by atoms with E-state index in [9.17, 15) is 4.79 Å². The van der Waals surface area contributed by atoms with Gasteiger partial charge in [0.2, 0.25) is 0 Å². The molecular weight excluding hydrogens is 384 g/mol. The Kier molecular flexibility index (Phi) is 5.26. The Balaban J connectivity index is 1.21. The number of aromatic nitrogens is 2. The van der Waals surface area contributed by atoms with Crippen molar-refractivity contribution >= 4 is 16.9 Å². The average Bonchev–Trinajstić information content (AvgIpc) is 3.15. The van der Waals surface area contributed by atoms with E-state index < -0.39 is 0 Å². The highest BCUT2D eigenvalue weighted by Crippen LogP contribution is 2.21. The Morgan fingerprint density at radius 3 is 2.16 bits per heavy atom. The monoisotopic (exact) mass is 410 g/mol. The van der Waals surface area contributed by atoms with Crippen LogP contribution >= 0.6 is 0 Å². The topological polar surface area (TPSA) is 41.4 Å². The van der Waals surface area contributed by atoms with Gasteiger partial charge in [0.25, 0.3) is 5.91 Å². The van der Waals surface area contributed by atoms with Crippen LogP contribution in [0.15, 0.2) is 78.9 Å². The first-order valence-corrected chi connectivity index (χ1v) is 10.8. The van der Waals surface area contributed by atoms with Gasteiger partial charge in [0.05, 0.1) is 17.6 Å². The molecule has 0 unspecified atom stereocenters. The van der Waals surface area contributed by atoms with E-state index in [0.29, 0.717) is 0 Å². The minimum absolute atomic E-state index is 0.113. The summed E-state index contributed by atoms with van der Waals surface area (Å²) in [4.78, 5) is 22.1. The number of benzene rings is 3. The molecule has 1 aliphatic rings. The lowest BCUT2D eigenvalue weighted by Gasteiger charge is -2.34. The van der Waals surface area contributed by atoms with Gasteiger partial charge in [-0.05, 0) is 35.4 Å². The largest absolute Gasteiger partial charge is 0.336 e. The van der Waals surface area contributed by atoms with E-state index in [1.165, 1.54) is 0 Å². The number of hydrogen-bond donors (Lipinski definition) is 0. The van der Waals surface area contributed by atoms with Crippen molar-refractivity contribution in [3.8, 4) is 11.1 Å². The van der Waals surface area contributed by atoms with E-state index >= 15 is 0 Å². The molecule has 2 heterocycles. The van der Waals surface area contributed by atoms with Crippen LogP contribution in [0.25, 0.3) is 22.2 Å². The number of piperazine rings is 1. The third-order valence-electron chi connectivity index (χ3n) is 6.14. The van der Waals surface area contributed by atoms with Crippen LogP contribution in [-0.4, -0.2) is 51.4 Å². The van der Waals surface area contributed by atoms with Crippen molar-refractivity contribution in [1.82, 2.24) is 19.4 Å². The van der Waals surface area contributed by atoms with Gasteiger partial charge >= 0.3 is 0 Å². The Morgan fingerprint density at radius 2 is 1.45 bits per heavy atom. The summed E-state index contributed by atoms with van der Waals surface area (Å²) in [7, 11) is 2.07. The minimum atomic E-state index is 0.113. The zero-order valence-electron chi connectivity index (χ0n) is 17.7. The first kappa shape index (κ1) is 19.5. The molecule has 1 amide bonds. The molecule has 156 valence electrons. The van der Waals surface area contributed by atoms with E-state index in [1.807, 2.05) is 59.5 Å². The van der Waals surface area contributed by atoms with Crippen molar-refractivity contribution in [2.24, 2.45) is 7.05 Å². The molecule has 1 aliphatic heterocycles. The molecule has 1 aromatic heterocycles. The lowest BCUT2D eigenvalue weighted by atomic mass is 10.0. The second-order valence-corrected chi connectivity index (χ2v) is 8.09. The fourth-order valence-corrected chi connectivity index (χ4v) is 4.26. The van der Waals surface area contributed by atoms with Gasteiger partial charge in [0, 0.05) is 38.8 Å². The number of carbonyl (C=O) groups excluding carboxylic acids is 1. The first-order valence-electron chi connectivity index (χ1n) is 10.8. The van der Waals surface area contributed by atoms with Crippen LogP contribution < -0.4 is 0 Å². The summed E-state index contributed by atoms with van der Waals surface area (Å²) in [5, 5.41) is 0. The molecule has 5 heteroatoms. The summed E-state index contributed by atoms with van der Waals surface area (Å²) in [6.07, 6.45) is 0. The summed E-state index contributed by atoms with van der Waals surface area (Å²) in [5.41, 5.74) is 5.24. The van der Waals surface area contributed by atoms with Gasteiger partial charge in [-0.3, -0.25) is 9.69 Å². The minimum Gasteiger partial charge on any atom is -0.336 e. The molecule has 31 heavy (non-hydrogen) atoms. The van der Waals surface area contributed by atoms with Gasteiger partial charge in [0.1, 0.15) is 5.82 Å². The molecule has 0 atom stereocenters. The Labute approximate surface area is 182 Å². The lowest BCUT2D eigenvalue weighted by molar-refractivity contribution is 0.0624. The number of aryl methyl sites for hydroxylation is 1. The van der Waals surface area contributed by atoms with Crippen molar-refractivity contribution in [2.75, 3.05) is 26.2 Å². The molecular formula is C26H26N4O. The predicted molar refractivity (Wildman–Crippen MR) is 124 cm³/mol. The third kappa shape index (κ3) is 3.97. The molecule has 5 nitrogen and oxygen atoms in total. The SMILES string of the molecule is Cn1c(CN2CCN(C(=O)c3ccc(-c4ccccc4)cc3)CC2)nc2ccccc21. The maximum absolute atomic E-state index is 13.0. The van der Waals surface area contributed by atoms with E-state index in [4.69, 9.17) is 4.98 Å². The van der Waals surface area contributed by atoms with E-state index in [0.717, 1.165) is 66.3 Å². The Hall–Kier alpha value is -3.44. The van der Waals surface area contributed by atoms with Crippen LogP contribution in [0.4, 0.5) is 0 Å². The van der Waals surface area contributed by atoms with Crippen molar-refractivity contribution in [3.63, 3.8) is 0 Å². The highest BCUT2D eigenvalue weighted by atomic mass is 16.2. The quantitative estimate of drug-likeness (QED) is 0.506. The van der Waals surface area contributed by atoms with E-state index in [-0.39, 0.29) is 5.91 Å². The molecule has 0 radical (unpaired) electrons. The Bertz CT molecular complexity index is 1190. The molecule has 0 bridgehead atoms. The summed E-state index contributed by atoms with van der Waals surface area (Å²) >= 11 is 0. The molecule has 5 rings (SSSR count). The summed E-state index contributed by atoms with van der Waals surface area (Å²) in [6.45, 7) is 4.00. The number of nitrogens with zero attached hydrogens (tertiary/aromatic N) is 4. The van der Waals surface area contributed by atoms with Crippen molar-refractivity contribution in [3.05, 3.63) is 90.3 Å². The molecule has 0 N–H and O–H groups in total. The number of rotatable bonds is 4. The molecule has 1 fully saturated rings. The highest BCUT2D eigenvalue weighted by Gasteiger charge is 2.23. The smallest absolute Gasteiger partial charge is 0.253 e. The van der Waals surface area contributed by atoms with E-state index in [2.05, 4.69) is 40.8 Å². The van der Waals surface area contributed by atoms with Gasteiger partial charge in [-0.25, -0.2) is 4.98 Å². The van der Waals surface area contributed by atoms with Gasteiger partial charge < -0.3 is 9.47 Å². The molecule has 0 saturated carbocycles. The number of hydrogen-bond acceptors (Lipinski definition) is 3. The highest BCUT2D eigenvalue weighted by molar-refractivity contribution is 5.94. The van der Waals surface area contributed by atoms with Gasteiger partial charge in [-0.1, -0.05) is 54.6 Å². The lowest BCUT2D eigenvalue weighted by Crippen LogP contribution is -2.48. The van der Waals surface area contributed by atoms with Crippen LogP contribution in [0.3, 0.4) is 0 Å². The van der Waals surface area contributed by atoms with Crippen LogP contribution in [0, 0.1) is 0 Å². The summed E-state index contributed by atoms with van der Waals surface area (Å²) in [5.74, 6) is 1.18. The van der Waals surface area contributed by atoms with Crippen molar-refractivity contribution < 1.29 is 4.79 Å². The fourth-order valence-electron chi connectivity index (χ4n) is 4.26. The van der Waals surface area contributed by atoms with Gasteiger partial charge in [-0.15, -0.1) is 0 Å². The zero-order valence-corrected chi connectivity index (χ0v) is 17.7. The van der Waals surface area contributed by atoms with Crippen LogP contribution in [-0.2, 0) is 13.6 Å². The Morgan fingerprint density at radius 1 is 0.806 bits per heavy atom. The molecule has 3 aromatic carbocycles. The van der Waals surface area contributed by atoms with Crippen molar-refractivity contribution in [1.29, 1.82) is 0 Å². The zero-order chi connectivity index (χ0) is 21.2. The number of imidazole rings is 1. The van der Waals surface area contributed by atoms with Crippen LogP contribution in [0.2, 0.25) is 0 Å². The third-order valence-corrected chi connectivity index (χ3v) is 6.14. The van der Waals surface area contributed by atoms with Crippen molar-refractivity contribution in [2.45, 2.75) is 6.54 Å². The average molecular weight is 411 g/mol. The normalized spacial score (nSPS) is 14.8. The molecule has 0 aliphatic carbocycles. The maximum atomic E-state index is 13.0. The summed E-state index contributed by atoms with van der Waals surface area (Å²) in [6, 6.07) is 26.4. The predicted octanol–water partition coefficient (Wildman–Crippen LogP) is 4.20. The summed E-state index contributed by atoms with van der Waals surface area (Å²) < 4.78 is 2.17. The van der Waals surface area contributed by atoms with Gasteiger partial charge in [0.15, 0.2) is 0 Å². The molecule has 0 spiro atoms. The number of para-hydroxylation sites is 2. The standard InChI is InChI=1S/C26H26N4O/c1-28-24-10-6-5-9-23(24)27-25(28)19-29-15-17-30(18-16-29)26(31)22-13-11-21(12-14-22)20-7-3-2-4-8-20/h2-14H,15-19H2,1H3. The van der Waals surface area contributed by atoms with Gasteiger partial charge in [-0.2, -0.15) is 0 Å². The second kappa shape index (κ2) is 8.36. The maximum Gasteiger partial charge on any atom is 0.253 e. The number of carbonyl (C=O) groups is 1. The molecule has 4 aromatic rings. The van der Waals surface area contributed by atoms with E-state index in [1.54, 1.807) is 0 Å². The number of fused-ring (bicyclic) bond motifs is 1. The van der Waals surface area contributed by atoms with Crippen LogP contribution in [0.5, 0.6) is 0 Å². The first-order chi connectivity index (χ1) is 15.2. The number of amides is 1.